The van der Waals surface area contributed by atoms with Crippen LogP contribution in [0.15, 0.2) is 134 Å². The Morgan fingerprint density at radius 2 is 1.39 bits per heavy atom. The minimum Gasteiger partial charge on any atom is -0.305 e. The van der Waals surface area contributed by atoms with Crippen molar-refractivity contribution in [2.75, 3.05) is 0 Å². The molecule has 0 fully saturated rings. The summed E-state index contributed by atoms with van der Waals surface area (Å²) in [7, 11) is 0. The second-order valence-corrected chi connectivity index (χ2v) is 11.5. The Bertz CT molecular complexity index is 1950. The van der Waals surface area contributed by atoms with Gasteiger partial charge in [-0.3, -0.25) is 0 Å². The normalized spacial score (nSPS) is 11.2. The number of aromatic nitrogens is 2. The van der Waals surface area contributed by atoms with Crippen molar-refractivity contribution in [3.8, 4) is 44.1 Å². The summed E-state index contributed by atoms with van der Waals surface area (Å²) in [6.07, 6.45) is 3.59. The van der Waals surface area contributed by atoms with E-state index in [1.54, 1.807) is 23.7 Å². The molecule has 1 radical (unpaired) electrons. The fraction of sp³-hybridized carbons (Fsp3) is 0.100. The summed E-state index contributed by atoms with van der Waals surface area (Å²) in [4.78, 5) is 10.1. The van der Waals surface area contributed by atoms with Gasteiger partial charge in [0.2, 0.25) is 0 Å². The summed E-state index contributed by atoms with van der Waals surface area (Å²) in [5.74, 6) is -0.677. The van der Waals surface area contributed by atoms with Gasteiger partial charge in [0.15, 0.2) is 0 Å². The van der Waals surface area contributed by atoms with Crippen LogP contribution in [0.5, 0.6) is 0 Å². The predicted molar refractivity (Wildman–Crippen MR) is 182 cm³/mol. The minimum absolute atomic E-state index is 0. The van der Waals surface area contributed by atoms with Gasteiger partial charge in [0.1, 0.15) is 0 Å². The molecule has 44 heavy (non-hydrogen) atoms. The molecule has 4 heteroatoms. The monoisotopic (exact) mass is 766 g/mol. The van der Waals surface area contributed by atoms with E-state index in [2.05, 4.69) is 89.7 Å². The van der Waals surface area contributed by atoms with Gasteiger partial charge in [0.05, 0.1) is 0 Å². The molecule has 0 aliphatic heterocycles. The van der Waals surface area contributed by atoms with Gasteiger partial charge in [-0.2, -0.15) is 11.3 Å². The molecule has 0 spiro atoms. The Hall–Kier alpha value is -4.21. The van der Waals surface area contributed by atoms with E-state index >= 15 is 0 Å². The first-order chi connectivity index (χ1) is 21.4. The second-order valence-electron chi connectivity index (χ2n) is 10.5. The third kappa shape index (κ3) is 6.95. The molecule has 0 N–H and O–H groups in total. The van der Waals surface area contributed by atoms with E-state index in [1.807, 2.05) is 74.5 Å². The number of benzene rings is 4. The van der Waals surface area contributed by atoms with Crippen LogP contribution < -0.4 is 0 Å². The van der Waals surface area contributed by atoms with Crippen molar-refractivity contribution in [2.24, 2.45) is 0 Å². The average Bonchev–Trinajstić information content (AvgIpc) is 3.42. The Morgan fingerprint density at radius 1 is 0.705 bits per heavy atom. The Balaban J connectivity index is 0.000000258. The molecule has 0 atom stereocenters. The zero-order valence-corrected chi connectivity index (χ0v) is 28.0. The van der Waals surface area contributed by atoms with Crippen molar-refractivity contribution in [1.29, 1.82) is 0 Å². The summed E-state index contributed by atoms with van der Waals surface area (Å²) in [5, 5.41) is 1.25. The number of thiophene rings is 1. The minimum atomic E-state index is -0.677. The Morgan fingerprint density at radius 3 is 2.05 bits per heavy atom. The zero-order valence-electron chi connectivity index (χ0n) is 25.8. The Labute approximate surface area is 279 Å². The van der Waals surface area contributed by atoms with Gasteiger partial charge in [-0.05, 0) is 52.2 Å². The first-order valence-electron chi connectivity index (χ1n) is 14.8. The van der Waals surface area contributed by atoms with E-state index < -0.39 is 5.89 Å². The molecule has 3 heterocycles. The van der Waals surface area contributed by atoms with Gasteiger partial charge >= 0.3 is 0 Å². The number of rotatable bonds is 5. The molecule has 0 aliphatic carbocycles. The quantitative estimate of drug-likeness (QED) is 0.163. The van der Waals surface area contributed by atoms with Gasteiger partial charge in [0.25, 0.3) is 0 Å². The Kier molecular flexibility index (Phi) is 9.84. The van der Waals surface area contributed by atoms with Crippen LogP contribution in [0.1, 0.15) is 32.2 Å². The first-order valence-corrected chi connectivity index (χ1v) is 15.2. The molecular formula is C40H32IrN2S-2. The zero-order chi connectivity index (χ0) is 30.5. The topological polar surface area (TPSA) is 25.8 Å². The molecule has 4 aromatic carbocycles. The van der Waals surface area contributed by atoms with Gasteiger partial charge in [-0.15, -0.1) is 53.6 Å². The fourth-order valence-corrected chi connectivity index (χ4v) is 6.35. The van der Waals surface area contributed by atoms with Gasteiger partial charge in [-0.25, -0.2) is 0 Å². The number of nitrogens with zero attached hydrogens (tertiary/aromatic N) is 2. The molecule has 7 aromatic rings. The SMILES string of the molecule is [2H]C(C)(C)c1ccnc(-c2[c-]c3sc(-c4ccccc4)c(C)c3c(-c3ccccc3)c2)c1.[Ir].[c-]1ccccc1-c1ccccn1. The molecule has 219 valence electrons. The van der Waals surface area contributed by atoms with Gasteiger partial charge in [-0.1, -0.05) is 115 Å². The smallest absolute Gasteiger partial charge is 0.0346 e. The van der Waals surface area contributed by atoms with Crippen LogP contribution in [0.4, 0.5) is 0 Å². The third-order valence-electron chi connectivity index (χ3n) is 7.34. The summed E-state index contributed by atoms with van der Waals surface area (Å²) >= 11 is 1.78. The second kappa shape index (κ2) is 14.5. The summed E-state index contributed by atoms with van der Waals surface area (Å²) in [6.45, 7) is 6.02. The van der Waals surface area contributed by atoms with Crippen LogP contribution in [-0.4, -0.2) is 9.97 Å². The van der Waals surface area contributed by atoms with Crippen LogP contribution in [-0.2, 0) is 20.1 Å². The molecule has 0 unspecified atom stereocenters. The predicted octanol–water partition coefficient (Wildman–Crippen LogP) is 11.1. The summed E-state index contributed by atoms with van der Waals surface area (Å²) in [5.41, 5.74) is 9.68. The standard InChI is InChI=1S/C29H24NS.C11H8N.Ir/c1-19(2)23-14-15-30-26(17-23)24-16-25(21-10-6-4-7-11-21)28-20(3)29(31-27(28)18-24)22-12-8-5-9-13-22;1-2-6-10(7-3-1)11-8-4-5-9-12-11;/h4-17,19H,1-3H3;1-6,8-9H;/q2*-1;/i19D;;. The fourth-order valence-electron chi connectivity index (χ4n) is 5.11. The number of fused-ring (bicyclic) bond motifs is 1. The van der Waals surface area contributed by atoms with Crippen molar-refractivity contribution in [1.82, 2.24) is 9.97 Å². The van der Waals surface area contributed by atoms with Crippen molar-refractivity contribution in [3.63, 3.8) is 0 Å². The van der Waals surface area contributed by atoms with E-state index in [-0.39, 0.29) is 20.1 Å². The van der Waals surface area contributed by atoms with E-state index in [0.29, 0.717) is 0 Å². The molecular weight excluding hydrogens is 733 g/mol. The van der Waals surface area contributed by atoms with Crippen LogP contribution in [0.2, 0.25) is 0 Å². The van der Waals surface area contributed by atoms with Crippen molar-refractivity contribution in [2.45, 2.75) is 26.7 Å². The van der Waals surface area contributed by atoms with Crippen molar-refractivity contribution < 1.29 is 21.5 Å². The molecule has 0 bridgehead atoms. The maximum Gasteiger partial charge on any atom is 0.0346 e. The molecule has 0 saturated heterocycles. The van der Waals surface area contributed by atoms with E-state index in [4.69, 9.17) is 1.37 Å². The maximum absolute atomic E-state index is 8.43. The molecule has 7 rings (SSSR count). The maximum atomic E-state index is 8.43. The van der Waals surface area contributed by atoms with E-state index in [1.165, 1.54) is 32.5 Å². The van der Waals surface area contributed by atoms with Gasteiger partial charge in [0, 0.05) is 38.7 Å². The number of hydrogen-bond acceptors (Lipinski definition) is 3. The van der Waals surface area contributed by atoms with Crippen LogP contribution in [0.25, 0.3) is 54.2 Å². The molecule has 0 saturated carbocycles. The summed E-state index contributed by atoms with van der Waals surface area (Å²) < 4.78 is 9.57. The van der Waals surface area contributed by atoms with Crippen molar-refractivity contribution in [3.05, 3.63) is 157 Å². The van der Waals surface area contributed by atoms with Crippen LogP contribution >= 0.6 is 11.3 Å². The largest absolute Gasteiger partial charge is 0.305 e. The third-order valence-corrected chi connectivity index (χ3v) is 8.59. The number of hydrogen-bond donors (Lipinski definition) is 0. The van der Waals surface area contributed by atoms with Crippen molar-refractivity contribution >= 4 is 21.4 Å². The van der Waals surface area contributed by atoms with Crippen LogP contribution in [0.3, 0.4) is 0 Å². The van der Waals surface area contributed by atoms with Crippen LogP contribution in [0, 0.1) is 19.1 Å². The first kappa shape index (κ1) is 29.8. The van der Waals surface area contributed by atoms with Gasteiger partial charge < -0.3 is 9.97 Å². The molecule has 0 aliphatic rings. The van der Waals surface area contributed by atoms with E-state index in [9.17, 15) is 0 Å². The summed E-state index contributed by atoms with van der Waals surface area (Å²) in [6, 6.07) is 47.7. The molecule has 2 nitrogen and oxygen atoms in total. The van der Waals surface area contributed by atoms with E-state index in [0.717, 1.165) is 32.8 Å². The molecule has 3 aromatic heterocycles. The number of aryl methyl sites for hydroxylation is 1. The number of pyridine rings is 2. The molecule has 0 amide bonds. The average molecular weight is 766 g/mol.